The molecule has 1 unspecified atom stereocenters. The average Bonchev–Trinajstić information content (AvgIpc) is 3.30. The number of rotatable bonds is 4. The first-order valence-corrected chi connectivity index (χ1v) is 9.16. The molecule has 2 aromatic rings. The van der Waals surface area contributed by atoms with Crippen LogP contribution in [0.5, 0.6) is 0 Å². The Bertz CT molecular complexity index is 724. The largest absolute Gasteiger partial charge is 0.350 e. The lowest BCUT2D eigenvalue weighted by molar-refractivity contribution is 0.0942. The van der Waals surface area contributed by atoms with Gasteiger partial charge >= 0.3 is 0 Å². The van der Waals surface area contributed by atoms with Gasteiger partial charge in [-0.1, -0.05) is 37.1 Å². The van der Waals surface area contributed by atoms with Crippen molar-refractivity contribution in [2.45, 2.75) is 38.1 Å². The van der Waals surface area contributed by atoms with E-state index in [2.05, 4.69) is 15.2 Å². The lowest BCUT2D eigenvalue weighted by atomic mass is 10.1. The first-order chi connectivity index (χ1) is 11.8. The van der Waals surface area contributed by atoms with E-state index < -0.39 is 0 Å². The van der Waals surface area contributed by atoms with E-state index >= 15 is 0 Å². The van der Waals surface area contributed by atoms with Gasteiger partial charge in [-0.25, -0.2) is 0 Å². The van der Waals surface area contributed by atoms with Crippen molar-refractivity contribution in [3.63, 3.8) is 0 Å². The zero-order chi connectivity index (χ0) is 16.4. The van der Waals surface area contributed by atoms with Crippen molar-refractivity contribution in [1.29, 1.82) is 0 Å². The van der Waals surface area contributed by atoms with Crippen LogP contribution in [0.15, 0.2) is 36.5 Å². The van der Waals surface area contributed by atoms with Crippen molar-refractivity contribution in [2.24, 2.45) is 5.92 Å². The van der Waals surface area contributed by atoms with Crippen LogP contribution in [0.4, 0.5) is 0 Å². The van der Waals surface area contributed by atoms with Crippen LogP contribution in [0.25, 0.3) is 10.8 Å². The van der Waals surface area contributed by atoms with E-state index in [1.807, 2.05) is 30.3 Å². The number of carbonyl (C=O) groups is 1. The van der Waals surface area contributed by atoms with E-state index in [4.69, 9.17) is 0 Å². The number of hydrogen-bond donors (Lipinski definition) is 1. The average molecular weight is 323 g/mol. The Hall–Kier alpha value is -1.94. The third-order valence-corrected chi connectivity index (χ3v) is 5.57. The van der Waals surface area contributed by atoms with E-state index in [-0.39, 0.29) is 5.91 Å². The maximum atomic E-state index is 12.4. The molecule has 1 aliphatic carbocycles. The molecule has 1 saturated carbocycles. The van der Waals surface area contributed by atoms with Crippen LogP contribution in [0.2, 0.25) is 0 Å². The molecule has 0 bridgehead atoms. The normalized spacial score (nSPS) is 22.2. The minimum Gasteiger partial charge on any atom is -0.350 e. The molecule has 1 N–H and O–H groups in total. The van der Waals surface area contributed by atoms with Crippen LogP contribution >= 0.6 is 0 Å². The maximum absolute atomic E-state index is 12.4. The molecule has 4 nitrogen and oxygen atoms in total. The van der Waals surface area contributed by atoms with Gasteiger partial charge in [-0.15, -0.1) is 0 Å². The third-order valence-electron chi connectivity index (χ3n) is 5.57. The highest BCUT2D eigenvalue weighted by Crippen LogP contribution is 2.28. The number of amides is 1. The minimum atomic E-state index is -0.0555. The summed E-state index contributed by atoms with van der Waals surface area (Å²) >= 11 is 0. The van der Waals surface area contributed by atoms with E-state index in [0.29, 0.717) is 11.6 Å². The Balaban J connectivity index is 1.32. The summed E-state index contributed by atoms with van der Waals surface area (Å²) in [6.45, 7) is 3.09. The van der Waals surface area contributed by atoms with Crippen molar-refractivity contribution in [3.05, 3.63) is 42.2 Å². The number of hydrogen-bond acceptors (Lipinski definition) is 3. The highest BCUT2D eigenvalue weighted by Gasteiger charge is 2.30. The summed E-state index contributed by atoms with van der Waals surface area (Å²) in [4.78, 5) is 19.3. The quantitative estimate of drug-likeness (QED) is 0.939. The Morgan fingerprint density at radius 1 is 1.17 bits per heavy atom. The van der Waals surface area contributed by atoms with Crippen LogP contribution < -0.4 is 5.32 Å². The van der Waals surface area contributed by atoms with Gasteiger partial charge in [0.05, 0.1) is 0 Å². The number of carbonyl (C=O) groups excluding carboxylic acids is 1. The van der Waals surface area contributed by atoms with Crippen LogP contribution in [0, 0.1) is 5.92 Å². The Morgan fingerprint density at radius 2 is 1.96 bits per heavy atom. The molecule has 2 heterocycles. The summed E-state index contributed by atoms with van der Waals surface area (Å²) in [7, 11) is 0. The van der Waals surface area contributed by atoms with Crippen molar-refractivity contribution < 1.29 is 4.79 Å². The van der Waals surface area contributed by atoms with Crippen LogP contribution in [0.3, 0.4) is 0 Å². The van der Waals surface area contributed by atoms with Gasteiger partial charge in [0.25, 0.3) is 5.91 Å². The topological polar surface area (TPSA) is 45.2 Å². The summed E-state index contributed by atoms with van der Waals surface area (Å²) < 4.78 is 0. The molecule has 2 aliphatic rings. The van der Waals surface area contributed by atoms with Gasteiger partial charge in [0, 0.05) is 30.7 Å². The SMILES string of the molecule is O=C(NCC1CCN(C2CCCC2)C1)c1cc2ccccc2cn1. The van der Waals surface area contributed by atoms with E-state index in [1.54, 1.807) is 6.20 Å². The van der Waals surface area contributed by atoms with E-state index in [9.17, 15) is 4.79 Å². The first-order valence-electron chi connectivity index (χ1n) is 9.16. The van der Waals surface area contributed by atoms with Crippen molar-refractivity contribution >= 4 is 16.7 Å². The monoisotopic (exact) mass is 323 g/mol. The number of likely N-dealkylation sites (tertiary alicyclic amines) is 1. The predicted octanol–water partition coefficient (Wildman–Crippen LogP) is 3.23. The number of aromatic nitrogens is 1. The smallest absolute Gasteiger partial charge is 0.269 e. The second kappa shape index (κ2) is 6.89. The van der Waals surface area contributed by atoms with Gasteiger partial charge in [-0.2, -0.15) is 0 Å². The first kappa shape index (κ1) is 15.6. The van der Waals surface area contributed by atoms with Gasteiger partial charge in [0.1, 0.15) is 5.69 Å². The number of nitrogens with one attached hydrogen (secondary N) is 1. The molecule has 126 valence electrons. The molecule has 1 aliphatic heterocycles. The molecule has 1 saturated heterocycles. The molecule has 0 radical (unpaired) electrons. The number of pyridine rings is 1. The van der Waals surface area contributed by atoms with Gasteiger partial charge in [-0.05, 0) is 43.2 Å². The maximum Gasteiger partial charge on any atom is 0.269 e. The Morgan fingerprint density at radius 3 is 2.79 bits per heavy atom. The van der Waals surface area contributed by atoms with Gasteiger partial charge in [0.2, 0.25) is 0 Å². The van der Waals surface area contributed by atoms with Crippen molar-refractivity contribution in [3.8, 4) is 0 Å². The molecule has 2 fully saturated rings. The molecule has 4 heteroatoms. The number of fused-ring (bicyclic) bond motifs is 1. The molecular weight excluding hydrogens is 298 g/mol. The Kier molecular flexibility index (Phi) is 4.48. The zero-order valence-corrected chi connectivity index (χ0v) is 14.1. The Labute approximate surface area is 143 Å². The summed E-state index contributed by atoms with van der Waals surface area (Å²) in [5, 5.41) is 5.22. The second-order valence-electron chi connectivity index (χ2n) is 7.21. The lowest BCUT2D eigenvalue weighted by Crippen LogP contribution is -2.34. The van der Waals surface area contributed by atoms with Crippen LogP contribution in [-0.4, -0.2) is 41.5 Å². The highest BCUT2D eigenvalue weighted by molar-refractivity contribution is 5.96. The summed E-state index contributed by atoms with van der Waals surface area (Å²) in [5.41, 5.74) is 0.513. The molecule has 0 spiro atoms. The van der Waals surface area contributed by atoms with Gasteiger partial charge < -0.3 is 10.2 Å². The van der Waals surface area contributed by atoms with Crippen molar-refractivity contribution in [2.75, 3.05) is 19.6 Å². The fourth-order valence-corrected chi connectivity index (χ4v) is 4.17. The molecule has 1 aromatic carbocycles. The zero-order valence-electron chi connectivity index (χ0n) is 14.1. The molecule has 1 aromatic heterocycles. The van der Waals surface area contributed by atoms with Crippen LogP contribution in [0.1, 0.15) is 42.6 Å². The fourth-order valence-electron chi connectivity index (χ4n) is 4.17. The summed E-state index contributed by atoms with van der Waals surface area (Å²) in [6.07, 6.45) is 8.47. The molecule has 24 heavy (non-hydrogen) atoms. The lowest BCUT2D eigenvalue weighted by Gasteiger charge is -2.23. The molecule has 1 amide bonds. The third kappa shape index (κ3) is 3.29. The summed E-state index contributed by atoms with van der Waals surface area (Å²) in [6, 6.07) is 10.7. The predicted molar refractivity (Wildman–Crippen MR) is 96.0 cm³/mol. The minimum absolute atomic E-state index is 0.0555. The standard InChI is InChI=1S/C20H25N3O/c24-20(19-11-16-5-1-2-6-17(16)13-21-19)22-12-15-9-10-23(14-15)18-7-3-4-8-18/h1-2,5-6,11,13,15,18H,3-4,7-10,12,14H2,(H,22,24). The van der Waals surface area contributed by atoms with Gasteiger partial charge in [0.15, 0.2) is 0 Å². The number of benzene rings is 1. The highest BCUT2D eigenvalue weighted by atomic mass is 16.1. The molecule has 4 rings (SSSR count). The van der Waals surface area contributed by atoms with Crippen LogP contribution in [-0.2, 0) is 0 Å². The second-order valence-corrected chi connectivity index (χ2v) is 7.21. The van der Waals surface area contributed by atoms with Crippen molar-refractivity contribution in [1.82, 2.24) is 15.2 Å². The van der Waals surface area contributed by atoms with E-state index in [0.717, 1.165) is 29.9 Å². The molecule has 1 atom stereocenters. The van der Waals surface area contributed by atoms with E-state index in [1.165, 1.54) is 38.6 Å². The van der Waals surface area contributed by atoms with Gasteiger partial charge in [-0.3, -0.25) is 9.78 Å². The fraction of sp³-hybridized carbons (Fsp3) is 0.500. The summed E-state index contributed by atoms with van der Waals surface area (Å²) in [5.74, 6) is 0.523. The molecular formula is C20H25N3O. The number of nitrogens with zero attached hydrogens (tertiary/aromatic N) is 2.